The number of carboxylic acids is 1. The third kappa shape index (κ3) is 5.45. The summed E-state index contributed by atoms with van der Waals surface area (Å²) in [6.07, 6.45) is 1.57. The van der Waals surface area contributed by atoms with Crippen molar-refractivity contribution in [2.75, 3.05) is 27.4 Å². The van der Waals surface area contributed by atoms with Gasteiger partial charge in [0, 0.05) is 18.2 Å². The van der Waals surface area contributed by atoms with Crippen LogP contribution < -0.4 is 14.8 Å². The average Bonchev–Trinajstić information content (AvgIpc) is 2.50. The van der Waals surface area contributed by atoms with E-state index in [-0.39, 0.29) is 6.61 Å². The van der Waals surface area contributed by atoms with E-state index in [0.717, 1.165) is 5.56 Å². The molecule has 21 heavy (non-hydrogen) atoms. The van der Waals surface area contributed by atoms with Crippen LogP contribution in [0.5, 0.6) is 11.5 Å². The Balaban J connectivity index is 2.66. The Kier molecular flexibility index (Phi) is 7.28. The number of ether oxygens (including phenoxy) is 3. The number of rotatable bonds is 10. The lowest BCUT2D eigenvalue weighted by atomic mass is 10.1. The number of carbonyl (C=O) groups is 1. The van der Waals surface area contributed by atoms with Gasteiger partial charge in [0.25, 0.3) is 0 Å². The molecule has 1 atom stereocenters. The highest BCUT2D eigenvalue weighted by Gasteiger charge is 2.17. The van der Waals surface area contributed by atoms with E-state index in [2.05, 4.69) is 11.9 Å². The van der Waals surface area contributed by atoms with Crippen molar-refractivity contribution >= 4 is 5.97 Å². The molecule has 0 aromatic heterocycles. The largest absolute Gasteiger partial charge is 0.497 e. The predicted octanol–water partition coefficient (Wildman–Crippen LogP) is 1.45. The normalized spacial score (nSPS) is 11.7. The van der Waals surface area contributed by atoms with Gasteiger partial charge in [0.05, 0.1) is 27.4 Å². The Morgan fingerprint density at radius 2 is 2.19 bits per heavy atom. The summed E-state index contributed by atoms with van der Waals surface area (Å²) >= 11 is 0. The second-order valence-corrected chi connectivity index (χ2v) is 4.28. The van der Waals surface area contributed by atoms with Gasteiger partial charge < -0.3 is 19.3 Å². The van der Waals surface area contributed by atoms with Gasteiger partial charge in [-0.3, -0.25) is 10.1 Å². The molecule has 0 fully saturated rings. The van der Waals surface area contributed by atoms with Gasteiger partial charge in [-0.05, 0) is 6.07 Å². The van der Waals surface area contributed by atoms with E-state index in [0.29, 0.717) is 24.7 Å². The molecule has 0 aliphatic rings. The zero-order valence-electron chi connectivity index (χ0n) is 12.3. The van der Waals surface area contributed by atoms with Crippen LogP contribution in [0.2, 0.25) is 0 Å². The maximum Gasteiger partial charge on any atom is 0.323 e. The summed E-state index contributed by atoms with van der Waals surface area (Å²) in [7, 11) is 3.13. The van der Waals surface area contributed by atoms with Crippen LogP contribution in [0.1, 0.15) is 5.56 Å². The predicted molar refractivity (Wildman–Crippen MR) is 78.8 cm³/mol. The Morgan fingerprint density at radius 3 is 2.76 bits per heavy atom. The van der Waals surface area contributed by atoms with Crippen LogP contribution in [0.25, 0.3) is 0 Å². The minimum atomic E-state index is -0.966. The van der Waals surface area contributed by atoms with Crippen molar-refractivity contribution < 1.29 is 24.1 Å². The minimum absolute atomic E-state index is 0.0693. The number of benzene rings is 1. The molecule has 6 heteroatoms. The lowest BCUT2D eigenvalue weighted by Crippen LogP contribution is -2.40. The standard InChI is InChI=1S/C15H21NO5/c1-4-7-21-10-13(15(17)18)16-9-11-5-6-12(19-2)8-14(11)20-3/h4-6,8,13,16H,1,7,9-10H2,2-3H3,(H,17,18)/t13-/m0/s1. The first-order chi connectivity index (χ1) is 10.1. The zero-order chi connectivity index (χ0) is 15.7. The van der Waals surface area contributed by atoms with Crippen molar-refractivity contribution in [2.45, 2.75) is 12.6 Å². The van der Waals surface area contributed by atoms with Crippen LogP contribution in [-0.2, 0) is 16.1 Å². The highest BCUT2D eigenvalue weighted by atomic mass is 16.5. The van der Waals surface area contributed by atoms with E-state index in [1.54, 1.807) is 32.4 Å². The molecule has 1 rings (SSSR count). The van der Waals surface area contributed by atoms with E-state index in [9.17, 15) is 4.79 Å². The number of methoxy groups -OCH3 is 2. The van der Waals surface area contributed by atoms with Crippen LogP contribution in [0.15, 0.2) is 30.9 Å². The average molecular weight is 295 g/mol. The van der Waals surface area contributed by atoms with Gasteiger partial charge in [-0.25, -0.2) is 0 Å². The third-order valence-electron chi connectivity index (χ3n) is 2.85. The van der Waals surface area contributed by atoms with E-state index in [4.69, 9.17) is 19.3 Å². The van der Waals surface area contributed by atoms with Crippen LogP contribution >= 0.6 is 0 Å². The molecule has 0 unspecified atom stereocenters. The van der Waals surface area contributed by atoms with E-state index >= 15 is 0 Å². The van der Waals surface area contributed by atoms with Crippen molar-refractivity contribution in [2.24, 2.45) is 0 Å². The number of carboxylic acid groups (broad SMARTS) is 1. The topological polar surface area (TPSA) is 77.0 Å². The van der Waals surface area contributed by atoms with Crippen LogP contribution in [-0.4, -0.2) is 44.6 Å². The summed E-state index contributed by atoms with van der Waals surface area (Å²) in [4.78, 5) is 11.2. The molecule has 0 aliphatic carbocycles. The molecule has 1 aromatic carbocycles. The SMILES string of the molecule is C=CCOC[C@H](NCc1ccc(OC)cc1OC)C(=O)O. The van der Waals surface area contributed by atoms with Crippen molar-refractivity contribution in [1.82, 2.24) is 5.32 Å². The molecule has 0 aliphatic heterocycles. The fraction of sp³-hybridized carbons (Fsp3) is 0.400. The van der Waals surface area contributed by atoms with Gasteiger partial charge in [0.15, 0.2) is 0 Å². The maximum atomic E-state index is 11.2. The number of hydrogen-bond donors (Lipinski definition) is 2. The summed E-state index contributed by atoms with van der Waals surface area (Å²) < 4.78 is 15.6. The lowest BCUT2D eigenvalue weighted by Gasteiger charge is -2.16. The van der Waals surface area contributed by atoms with Gasteiger partial charge >= 0.3 is 5.97 Å². The van der Waals surface area contributed by atoms with Gasteiger partial charge in [-0.1, -0.05) is 12.1 Å². The summed E-state index contributed by atoms with van der Waals surface area (Å²) in [5.74, 6) is 0.351. The molecule has 0 heterocycles. The first kappa shape index (κ1) is 17.0. The molecule has 0 saturated carbocycles. The highest BCUT2D eigenvalue weighted by molar-refractivity contribution is 5.73. The molecule has 116 valence electrons. The second-order valence-electron chi connectivity index (χ2n) is 4.28. The monoisotopic (exact) mass is 295 g/mol. The summed E-state index contributed by atoms with van der Waals surface area (Å²) in [6, 6.07) is 4.58. The number of aliphatic carboxylic acids is 1. The molecular formula is C15H21NO5. The second kappa shape index (κ2) is 8.99. The summed E-state index contributed by atoms with van der Waals surface area (Å²) in [5, 5.41) is 12.1. The molecular weight excluding hydrogens is 274 g/mol. The smallest absolute Gasteiger partial charge is 0.323 e. The Morgan fingerprint density at radius 1 is 1.43 bits per heavy atom. The van der Waals surface area contributed by atoms with Gasteiger partial charge in [0.1, 0.15) is 17.5 Å². The number of hydrogen-bond acceptors (Lipinski definition) is 5. The van der Waals surface area contributed by atoms with Crippen molar-refractivity contribution in [3.63, 3.8) is 0 Å². The third-order valence-corrected chi connectivity index (χ3v) is 2.85. The Hall–Kier alpha value is -2.05. The first-order valence-corrected chi connectivity index (χ1v) is 6.48. The van der Waals surface area contributed by atoms with E-state index in [1.165, 1.54) is 0 Å². The minimum Gasteiger partial charge on any atom is -0.497 e. The number of nitrogens with one attached hydrogen (secondary N) is 1. The molecule has 0 saturated heterocycles. The fourth-order valence-electron chi connectivity index (χ4n) is 1.72. The van der Waals surface area contributed by atoms with Crippen LogP contribution in [0.4, 0.5) is 0 Å². The molecule has 0 bridgehead atoms. The molecule has 1 aromatic rings. The molecule has 6 nitrogen and oxygen atoms in total. The summed E-state index contributed by atoms with van der Waals surface area (Å²) in [6.45, 7) is 4.25. The summed E-state index contributed by atoms with van der Waals surface area (Å²) in [5.41, 5.74) is 0.841. The first-order valence-electron chi connectivity index (χ1n) is 6.48. The Bertz CT molecular complexity index is 475. The fourth-order valence-corrected chi connectivity index (χ4v) is 1.72. The molecule has 0 amide bonds. The van der Waals surface area contributed by atoms with Crippen LogP contribution in [0, 0.1) is 0 Å². The van der Waals surface area contributed by atoms with Gasteiger partial charge in [-0.2, -0.15) is 0 Å². The van der Waals surface area contributed by atoms with Gasteiger partial charge in [-0.15, -0.1) is 6.58 Å². The highest BCUT2D eigenvalue weighted by Crippen LogP contribution is 2.24. The zero-order valence-corrected chi connectivity index (χ0v) is 12.3. The van der Waals surface area contributed by atoms with Gasteiger partial charge in [0.2, 0.25) is 0 Å². The van der Waals surface area contributed by atoms with Crippen LogP contribution in [0.3, 0.4) is 0 Å². The maximum absolute atomic E-state index is 11.2. The van der Waals surface area contributed by atoms with E-state index in [1.807, 2.05) is 6.07 Å². The van der Waals surface area contributed by atoms with E-state index < -0.39 is 12.0 Å². The lowest BCUT2D eigenvalue weighted by molar-refractivity contribution is -0.141. The molecule has 0 radical (unpaired) electrons. The van der Waals surface area contributed by atoms with Crippen molar-refractivity contribution in [1.29, 1.82) is 0 Å². The van der Waals surface area contributed by atoms with Crippen molar-refractivity contribution in [3.8, 4) is 11.5 Å². The molecule has 2 N–H and O–H groups in total. The quantitative estimate of drug-likeness (QED) is 0.502. The molecule has 0 spiro atoms. The Labute approximate surface area is 124 Å². The van der Waals surface area contributed by atoms with Crippen molar-refractivity contribution in [3.05, 3.63) is 36.4 Å².